The Balaban J connectivity index is 1.37. The fourth-order valence-corrected chi connectivity index (χ4v) is 5.04. The largest absolute Gasteiger partial charge is 0.507 e. The van der Waals surface area contributed by atoms with Gasteiger partial charge in [-0.1, -0.05) is 56.7 Å². The number of hydrogen-bond acceptors (Lipinski definition) is 4. The number of ether oxygens (including phenoxy) is 1. The third-order valence-corrected chi connectivity index (χ3v) is 7.51. The summed E-state index contributed by atoms with van der Waals surface area (Å²) in [6, 6.07) is 17.3. The predicted molar refractivity (Wildman–Crippen MR) is 149 cm³/mol. The highest BCUT2D eigenvalue weighted by molar-refractivity contribution is 5.92. The third-order valence-electron chi connectivity index (χ3n) is 7.51. The van der Waals surface area contributed by atoms with Crippen LogP contribution in [0.25, 0.3) is 11.1 Å². The standard InChI is InChI=1S/C31H39N3O4/c1-31(2,15-7-6-12-29(36)34-17-19-38-20-18-34)24-13-14-26(28(35)21-24)25-10-5-4-9-23(25)22-32-30(37)27-11-8-16-33(27)3/h4-5,8-11,13-14,16,21,35H,6-7,12,15,17-20,22H2,1-3H3,(H,32,37). The van der Waals surface area contributed by atoms with E-state index >= 15 is 0 Å². The molecule has 202 valence electrons. The minimum Gasteiger partial charge on any atom is -0.507 e. The molecule has 2 N–H and O–H groups in total. The van der Waals surface area contributed by atoms with Crippen LogP contribution in [-0.4, -0.2) is 52.7 Å². The molecule has 1 fully saturated rings. The highest BCUT2D eigenvalue weighted by Gasteiger charge is 2.23. The minimum absolute atomic E-state index is 0.138. The molecule has 7 heteroatoms. The van der Waals surface area contributed by atoms with Gasteiger partial charge < -0.3 is 24.6 Å². The zero-order chi connectivity index (χ0) is 27.1. The van der Waals surface area contributed by atoms with Gasteiger partial charge in [-0.3, -0.25) is 9.59 Å². The number of rotatable bonds is 10. The highest BCUT2D eigenvalue weighted by atomic mass is 16.5. The van der Waals surface area contributed by atoms with Crippen molar-refractivity contribution in [2.45, 2.75) is 51.5 Å². The number of aromatic hydroxyl groups is 1. The fourth-order valence-electron chi connectivity index (χ4n) is 5.04. The predicted octanol–water partition coefficient (Wildman–Crippen LogP) is 5.02. The second-order valence-corrected chi connectivity index (χ2v) is 10.7. The Kier molecular flexibility index (Phi) is 8.89. The fraction of sp³-hybridized carbons (Fsp3) is 0.419. The maximum atomic E-state index is 12.6. The van der Waals surface area contributed by atoms with E-state index in [4.69, 9.17) is 4.74 Å². The van der Waals surface area contributed by atoms with Crippen LogP contribution in [0.3, 0.4) is 0 Å². The molecule has 3 aromatic rings. The van der Waals surface area contributed by atoms with E-state index in [0.29, 0.717) is 45.0 Å². The van der Waals surface area contributed by atoms with E-state index in [2.05, 4.69) is 25.2 Å². The van der Waals surface area contributed by atoms with Crippen LogP contribution in [0.2, 0.25) is 0 Å². The summed E-state index contributed by atoms with van der Waals surface area (Å²) in [6.07, 6.45) is 5.12. The average Bonchev–Trinajstić information content (AvgIpc) is 3.36. The first-order chi connectivity index (χ1) is 18.3. The molecule has 4 rings (SSSR count). The quantitative estimate of drug-likeness (QED) is 0.370. The van der Waals surface area contributed by atoms with Crippen LogP contribution in [0.5, 0.6) is 5.75 Å². The van der Waals surface area contributed by atoms with Crippen molar-refractivity contribution < 1.29 is 19.4 Å². The van der Waals surface area contributed by atoms with Crippen molar-refractivity contribution >= 4 is 11.8 Å². The van der Waals surface area contributed by atoms with Crippen molar-refractivity contribution in [2.24, 2.45) is 7.05 Å². The Morgan fingerprint density at radius 3 is 2.47 bits per heavy atom. The summed E-state index contributed by atoms with van der Waals surface area (Å²) in [5.41, 5.74) is 4.09. The lowest BCUT2D eigenvalue weighted by Crippen LogP contribution is -2.40. The summed E-state index contributed by atoms with van der Waals surface area (Å²) in [4.78, 5) is 26.9. The van der Waals surface area contributed by atoms with E-state index < -0.39 is 0 Å². The molecule has 0 radical (unpaired) electrons. The number of unbranched alkanes of at least 4 members (excludes halogenated alkanes) is 1. The monoisotopic (exact) mass is 517 g/mol. The smallest absolute Gasteiger partial charge is 0.268 e. The number of benzene rings is 2. The number of carbonyl (C=O) groups excluding carboxylic acids is 2. The molecule has 0 spiro atoms. The lowest BCUT2D eigenvalue weighted by atomic mass is 9.79. The summed E-state index contributed by atoms with van der Waals surface area (Å²) in [6.45, 7) is 7.36. The molecule has 38 heavy (non-hydrogen) atoms. The Bertz CT molecular complexity index is 1260. The van der Waals surface area contributed by atoms with E-state index in [1.807, 2.05) is 60.6 Å². The summed E-state index contributed by atoms with van der Waals surface area (Å²) in [5, 5.41) is 14.0. The van der Waals surface area contributed by atoms with Crippen molar-refractivity contribution in [2.75, 3.05) is 26.3 Å². The van der Waals surface area contributed by atoms with Crippen LogP contribution < -0.4 is 5.32 Å². The molecule has 0 atom stereocenters. The number of aryl methyl sites for hydroxylation is 1. The molecule has 1 saturated heterocycles. The first-order valence-electron chi connectivity index (χ1n) is 13.4. The number of phenols is 1. The van der Waals surface area contributed by atoms with Gasteiger partial charge in [0.15, 0.2) is 0 Å². The number of aromatic nitrogens is 1. The summed E-state index contributed by atoms with van der Waals surface area (Å²) >= 11 is 0. The van der Waals surface area contributed by atoms with Gasteiger partial charge in [0.25, 0.3) is 5.91 Å². The van der Waals surface area contributed by atoms with E-state index in [9.17, 15) is 14.7 Å². The number of nitrogens with one attached hydrogen (secondary N) is 1. The number of morpholine rings is 1. The molecule has 1 aliphatic heterocycles. The maximum absolute atomic E-state index is 12.6. The third kappa shape index (κ3) is 6.64. The molecule has 1 aliphatic rings. The van der Waals surface area contributed by atoms with Crippen LogP contribution in [0.15, 0.2) is 60.8 Å². The molecule has 2 heterocycles. The molecule has 2 aromatic carbocycles. The lowest BCUT2D eigenvalue weighted by Gasteiger charge is -2.28. The van der Waals surface area contributed by atoms with E-state index in [0.717, 1.165) is 41.5 Å². The van der Waals surface area contributed by atoms with Crippen molar-refractivity contribution in [3.8, 4) is 16.9 Å². The molecule has 2 amide bonds. The van der Waals surface area contributed by atoms with Crippen molar-refractivity contribution in [1.29, 1.82) is 0 Å². The van der Waals surface area contributed by atoms with Gasteiger partial charge in [0, 0.05) is 44.9 Å². The highest BCUT2D eigenvalue weighted by Crippen LogP contribution is 2.37. The molecule has 1 aromatic heterocycles. The SMILES string of the molecule is Cn1cccc1C(=O)NCc1ccccc1-c1ccc(C(C)(C)CCCCC(=O)N2CCOCC2)cc1O. The van der Waals surface area contributed by atoms with Gasteiger partial charge in [0.2, 0.25) is 5.91 Å². The Hall–Kier alpha value is -3.58. The van der Waals surface area contributed by atoms with Gasteiger partial charge in [0.05, 0.1) is 13.2 Å². The van der Waals surface area contributed by atoms with E-state index in [1.165, 1.54) is 0 Å². The van der Waals surface area contributed by atoms with E-state index in [-0.39, 0.29) is 23.0 Å². The normalized spacial score (nSPS) is 13.9. The molecule has 0 saturated carbocycles. The van der Waals surface area contributed by atoms with Gasteiger partial charge in [-0.05, 0) is 53.1 Å². The Labute approximate surface area is 225 Å². The molecule has 0 aliphatic carbocycles. The maximum Gasteiger partial charge on any atom is 0.268 e. The minimum atomic E-state index is -0.139. The summed E-state index contributed by atoms with van der Waals surface area (Å²) in [7, 11) is 1.84. The summed E-state index contributed by atoms with van der Waals surface area (Å²) in [5.74, 6) is 0.297. The first-order valence-corrected chi connectivity index (χ1v) is 13.4. The van der Waals surface area contributed by atoms with Gasteiger partial charge in [0.1, 0.15) is 11.4 Å². The number of nitrogens with zero attached hydrogens (tertiary/aromatic N) is 2. The van der Waals surface area contributed by atoms with Crippen LogP contribution in [-0.2, 0) is 28.5 Å². The van der Waals surface area contributed by atoms with Gasteiger partial charge in [-0.2, -0.15) is 0 Å². The second kappa shape index (κ2) is 12.3. The zero-order valence-electron chi connectivity index (χ0n) is 22.7. The van der Waals surface area contributed by atoms with Crippen molar-refractivity contribution in [1.82, 2.24) is 14.8 Å². The molecule has 7 nitrogen and oxygen atoms in total. The number of amides is 2. The topological polar surface area (TPSA) is 83.8 Å². The van der Waals surface area contributed by atoms with Gasteiger partial charge in [-0.15, -0.1) is 0 Å². The van der Waals surface area contributed by atoms with Crippen molar-refractivity contribution in [3.63, 3.8) is 0 Å². The van der Waals surface area contributed by atoms with Gasteiger partial charge >= 0.3 is 0 Å². The van der Waals surface area contributed by atoms with E-state index in [1.54, 1.807) is 10.6 Å². The first kappa shape index (κ1) is 27.5. The molecule has 0 unspecified atom stereocenters. The average molecular weight is 518 g/mol. The van der Waals surface area contributed by atoms with Crippen LogP contribution >= 0.6 is 0 Å². The van der Waals surface area contributed by atoms with Crippen LogP contribution in [0, 0.1) is 0 Å². The number of hydrogen-bond donors (Lipinski definition) is 2. The van der Waals surface area contributed by atoms with Crippen LogP contribution in [0.1, 0.15) is 61.1 Å². The Morgan fingerprint density at radius 2 is 1.76 bits per heavy atom. The molecular formula is C31H39N3O4. The summed E-state index contributed by atoms with van der Waals surface area (Å²) < 4.78 is 7.12. The zero-order valence-corrected chi connectivity index (χ0v) is 22.7. The molecular weight excluding hydrogens is 478 g/mol. The van der Waals surface area contributed by atoms with Crippen molar-refractivity contribution in [3.05, 3.63) is 77.6 Å². The number of carbonyl (C=O) groups is 2. The Morgan fingerprint density at radius 1 is 1.00 bits per heavy atom. The lowest BCUT2D eigenvalue weighted by molar-refractivity contribution is -0.135. The van der Waals surface area contributed by atoms with Crippen LogP contribution in [0.4, 0.5) is 0 Å². The second-order valence-electron chi connectivity index (χ2n) is 10.7. The van der Waals surface area contributed by atoms with Gasteiger partial charge in [-0.25, -0.2) is 0 Å². The molecule has 0 bridgehead atoms. The number of phenolic OH excluding ortho intramolecular Hbond substituents is 1.